The van der Waals surface area contributed by atoms with E-state index in [-0.39, 0.29) is 10.5 Å². The summed E-state index contributed by atoms with van der Waals surface area (Å²) in [7, 11) is -3.60. The number of rotatable bonds is 5. The average molecular weight is 367 g/mol. The molecule has 0 aliphatic carbocycles. The molecule has 0 saturated carbocycles. The molecule has 0 N–H and O–H groups in total. The molecule has 2 aromatic carbocycles. The third kappa shape index (κ3) is 4.21. The second-order valence-corrected chi connectivity index (χ2v) is 7.61. The molecule has 0 amide bonds. The minimum atomic E-state index is -3.60. The van der Waals surface area contributed by atoms with Gasteiger partial charge in [0.15, 0.2) is 15.9 Å². The maximum Gasteiger partial charge on any atom is 0.340 e. The van der Waals surface area contributed by atoms with Crippen LogP contribution in [0.15, 0.2) is 53.4 Å². The van der Waals surface area contributed by atoms with Gasteiger partial charge in [0.25, 0.3) is 0 Å². The quantitative estimate of drug-likeness (QED) is 0.600. The van der Waals surface area contributed by atoms with Crippen LogP contribution in [-0.2, 0) is 14.6 Å². The summed E-state index contributed by atoms with van der Waals surface area (Å²) in [6.45, 7) is 1.42. The summed E-state index contributed by atoms with van der Waals surface area (Å²) in [4.78, 5) is 24.4. The zero-order chi connectivity index (χ0) is 17.9. The molecule has 0 bridgehead atoms. The normalized spacial score (nSPS) is 12.5. The number of carbonyl (C=O) groups is 2. The summed E-state index contributed by atoms with van der Waals surface area (Å²) in [5, 5.41) is 0.391. The Morgan fingerprint density at radius 1 is 1.08 bits per heavy atom. The topological polar surface area (TPSA) is 77.5 Å². The van der Waals surface area contributed by atoms with Crippen molar-refractivity contribution in [2.24, 2.45) is 0 Å². The van der Waals surface area contributed by atoms with E-state index >= 15 is 0 Å². The van der Waals surface area contributed by atoms with E-state index < -0.39 is 27.7 Å². The molecule has 0 aliphatic rings. The third-order valence-electron chi connectivity index (χ3n) is 3.27. The fraction of sp³-hybridized carbons (Fsp3) is 0.176. The predicted molar refractivity (Wildman–Crippen MR) is 90.2 cm³/mol. The molecule has 126 valence electrons. The SMILES string of the molecule is CC(OC(=O)c1ccccc1S(C)(=O)=O)C(=O)c1cccc(Cl)c1. The molecule has 2 aromatic rings. The number of sulfone groups is 1. The summed E-state index contributed by atoms with van der Waals surface area (Å²) >= 11 is 5.84. The van der Waals surface area contributed by atoms with E-state index in [1.807, 2.05) is 0 Å². The molecular formula is C17H15ClO5S. The Labute approximate surface area is 145 Å². The molecule has 0 spiro atoms. The summed E-state index contributed by atoms with van der Waals surface area (Å²) in [5.74, 6) is -1.30. The smallest absolute Gasteiger partial charge is 0.340 e. The highest BCUT2D eigenvalue weighted by Crippen LogP contribution is 2.18. The first kappa shape index (κ1) is 18.2. The molecule has 0 heterocycles. The number of esters is 1. The van der Waals surface area contributed by atoms with Gasteiger partial charge >= 0.3 is 5.97 Å². The largest absolute Gasteiger partial charge is 0.451 e. The summed E-state index contributed by atoms with van der Waals surface area (Å²) < 4.78 is 28.6. The first-order chi connectivity index (χ1) is 11.2. The molecule has 0 fully saturated rings. The second kappa shape index (κ2) is 7.15. The number of benzene rings is 2. The average Bonchev–Trinajstić information content (AvgIpc) is 2.53. The maximum atomic E-state index is 12.3. The highest BCUT2D eigenvalue weighted by Gasteiger charge is 2.24. The highest BCUT2D eigenvalue weighted by molar-refractivity contribution is 7.90. The zero-order valence-electron chi connectivity index (χ0n) is 13.0. The van der Waals surface area contributed by atoms with Gasteiger partial charge in [-0.3, -0.25) is 4.79 Å². The fourth-order valence-electron chi connectivity index (χ4n) is 2.11. The zero-order valence-corrected chi connectivity index (χ0v) is 14.6. The van der Waals surface area contributed by atoms with Crippen LogP contribution in [0.5, 0.6) is 0 Å². The number of ketones is 1. The Bertz CT molecular complexity index is 889. The van der Waals surface area contributed by atoms with Gasteiger partial charge in [-0.05, 0) is 31.2 Å². The minimum Gasteiger partial charge on any atom is -0.451 e. The lowest BCUT2D eigenvalue weighted by molar-refractivity contribution is 0.0315. The monoisotopic (exact) mass is 366 g/mol. The minimum absolute atomic E-state index is 0.106. The van der Waals surface area contributed by atoms with Crippen LogP contribution in [0.4, 0.5) is 0 Å². The van der Waals surface area contributed by atoms with Crippen LogP contribution in [-0.4, -0.2) is 32.5 Å². The first-order valence-corrected chi connectivity index (χ1v) is 9.27. The number of hydrogen-bond acceptors (Lipinski definition) is 5. The Morgan fingerprint density at radius 2 is 1.75 bits per heavy atom. The van der Waals surface area contributed by atoms with Crippen molar-refractivity contribution in [3.63, 3.8) is 0 Å². The maximum absolute atomic E-state index is 12.3. The highest BCUT2D eigenvalue weighted by atomic mass is 35.5. The summed E-state index contributed by atoms with van der Waals surface area (Å²) in [5.41, 5.74) is 0.199. The molecule has 5 nitrogen and oxygen atoms in total. The van der Waals surface area contributed by atoms with Crippen molar-refractivity contribution in [2.45, 2.75) is 17.9 Å². The van der Waals surface area contributed by atoms with E-state index in [2.05, 4.69) is 0 Å². The van der Waals surface area contributed by atoms with Gasteiger partial charge in [0.05, 0.1) is 10.5 Å². The summed E-state index contributed by atoms with van der Waals surface area (Å²) in [6, 6.07) is 12.0. The van der Waals surface area contributed by atoms with Crippen LogP contribution >= 0.6 is 11.6 Å². The number of hydrogen-bond donors (Lipinski definition) is 0. The third-order valence-corrected chi connectivity index (χ3v) is 4.66. The lowest BCUT2D eigenvalue weighted by atomic mass is 10.1. The van der Waals surface area contributed by atoms with Crippen molar-refractivity contribution in [1.29, 1.82) is 0 Å². The van der Waals surface area contributed by atoms with E-state index in [1.54, 1.807) is 18.2 Å². The van der Waals surface area contributed by atoms with Gasteiger partial charge in [-0.15, -0.1) is 0 Å². The van der Waals surface area contributed by atoms with Crippen molar-refractivity contribution < 1.29 is 22.7 Å². The molecule has 0 aliphatic heterocycles. The molecular weight excluding hydrogens is 352 g/mol. The molecule has 2 rings (SSSR count). The van der Waals surface area contributed by atoms with E-state index in [1.165, 1.54) is 37.3 Å². The number of ether oxygens (including phenoxy) is 1. The van der Waals surface area contributed by atoms with Gasteiger partial charge in [0.2, 0.25) is 5.78 Å². The lowest BCUT2D eigenvalue weighted by Gasteiger charge is -2.14. The number of carbonyl (C=O) groups excluding carboxylic acids is 2. The Kier molecular flexibility index (Phi) is 5.41. The molecule has 7 heteroatoms. The van der Waals surface area contributed by atoms with Crippen molar-refractivity contribution in [1.82, 2.24) is 0 Å². The van der Waals surface area contributed by atoms with Gasteiger partial charge in [0, 0.05) is 16.8 Å². The van der Waals surface area contributed by atoms with E-state index in [9.17, 15) is 18.0 Å². The van der Waals surface area contributed by atoms with Gasteiger partial charge < -0.3 is 4.74 Å². The van der Waals surface area contributed by atoms with Gasteiger partial charge in [-0.1, -0.05) is 35.9 Å². The predicted octanol–water partition coefficient (Wildman–Crippen LogP) is 3.17. The van der Waals surface area contributed by atoms with E-state index in [0.717, 1.165) is 6.26 Å². The van der Waals surface area contributed by atoms with Crippen LogP contribution in [0.25, 0.3) is 0 Å². The molecule has 0 aromatic heterocycles. The first-order valence-electron chi connectivity index (χ1n) is 7.00. The molecule has 1 unspecified atom stereocenters. The van der Waals surface area contributed by atoms with Crippen molar-refractivity contribution >= 4 is 33.2 Å². The number of Topliss-reactive ketones (excluding diaryl/α,β-unsaturated/α-hetero) is 1. The van der Waals surface area contributed by atoms with Crippen molar-refractivity contribution in [3.05, 3.63) is 64.7 Å². The van der Waals surface area contributed by atoms with Crippen LogP contribution < -0.4 is 0 Å². The molecule has 0 radical (unpaired) electrons. The van der Waals surface area contributed by atoms with Crippen LogP contribution in [0.3, 0.4) is 0 Å². The summed E-state index contributed by atoms with van der Waals surface area (Å²) in [6.07, 6.45) is -0.0804. The molecule has 0 saturated heterocycles. The second-order valence-electron chi connectivity index (χ2n) is 5.19. The Balaban J connectivity index is 2.23. The van der Waals surface area contributed by atoms with Crippen LogP contribution in [0.1, 0.15) is 27.6 Å². The van der Waals surface area contributed by atoms with Gasteiger partial charge in [0.1, 0.15) is 0 Å². The fourth-order valence-corrected chi connectivity index (χ4v) is 3.18. The van der Waals surface area contributed by atoms with Gasteiger partial charge in [-0.2, -0.15) is 0 Å². The van der Waals surface area contributed by atoms with Crippen molar-refractivity contribution in [3.8, 4) is 0 Å². The van der Waals surface area contributed by atoms with E-state index in [0.29, 0.717) is 10.6 Å². The van der Waals surface area contributed by atoms with Crippen molar-refractivity contribution in [2.75, 3.05) is 6.26 Å². The Hall–Kier alpha value is -2.18. The number of halogens is 1. The van der Waals surface area contributed by atoms with Crippen LogP contribution in [0.2, 0.25) is 5.02 Å². The van der Waals surface area contributed by atoms with Gasteiger partial charge in [-0.25, -0.2) is 13.2 Å². The molecule has 24 heavy (non-hydrogen) atoms. The Morgan fingerprint density at radius 3 is 2.38 bits per heavy atom. The lowest BCUT2D eigenvalue weighted by Crippen LogP contribution is -2.25. The standard InChI is InChI=1S/C17H15ClO5S/c1-11(16(19)12-6-5-7-13(18)10-12)23-17(20)14-8-3-4-9-15(14)24(2,21)22/h3-11H,1-2H3. The molecule has 1 atom stereocenters. The van der Waals surface area contributed by atoms with E-state index in [4.69, 9.17) is 16.3 Å². The van der Waals surface area contributed by atoms with Crippen LogP contribution in [0, 0.1) is 0 Å².